The molecule has 26 heavy (non-hydrogen) atoms. The number of hydrogen-bond acceptors (Lipinski definition) is 2. The summed E-state index contributed by atoms with van der Waals surface area (Å²) in [4.78, 5) is 7.40. The summed E-state index contributed by atoms with van der Waals surface area (Å²) in [7, 11) is 0. The van der Waals surface area contributed by atoms with Crippen molar-refractivity contribution >= 4 is 22.5 Å². The molecule has 0 saturated heterocycles. The van der Waals surface area contributed by atoms with Crippen molar-refractivity contribution in [3.63, 3.8) is 0 Å². The molecule has 0 fully saturated rings. The lowest BCUT2D eigenvalue weighted by Crippen LogP contribution is -2.17. The number of nitrogens with one attached hydrogen (secondary N) is 2. The van der Waals surface area contributed by atoms with Crippen LogP contribution in [-0.4, -0.2) is 9.97 Å². The number of H-pyrrole nitrogens is 1. The number of aromatic amines is 1. The Kier molecular flexibility index (Phi) is 5.33. The molecule has 0 spiro atoms. The molecular formula is C21H23ClFN3. The van der Waals surface area contributed by atoms with Crippen LogP contribution in [0, 0.1) is 18.8 Å². The molecule has 5 heteroatoms. The zero-order chi connectivity index (χ0) is 18.8. The summed E-state index contributed by atoms with van der Waals surface area (Å²) >= 11 is 6.42. The Morgan fingerprint density at radius 2 is 2.12 bits per heavy atom. The Bertz CT molecular complexity index is 961. The first-order valence-electron chi connectivity index (χ1n) is 8.76. The van der Waals surface area contributed by atoms with E-state index in [4.69, 9.17) is 11.6 Å². The fraction of sp³-hybridized carbons (Fsp3) is 0.286. The molecule has 0 aliphatic carbocycles. The van der Waals surface area contributed by atoms with Gasteiger partial charge in [0.05, 0.1) is 17.3 Å². The maximum absolute atomic E-state index is 13.8. The van der Waals surface area contributed by atoms with Crippen molar-refractivity contribution in [2.24, 2.45) is 5.92 Å². The number of pyridine rings is 1. The third kappa shape index (κ3) is 3.75. The SMILES string of the molecule is C=C(NCc1cc2cc(Cl)c(-c3ccc(C)c(F)n3)cc2[nH]1)C(C)CC. The van der Waals surface area contributed by atoms with Gasteiger partial charge in [0.2, 0.25) is 5.95 Å². The molecule has 0 aliphatic heterocycles. The van der Waals surface area contributed by atoms with Gasteiger partial charge in [-0.1, -0.05) is 38.1 Å². The van der Waals surface area contributed by atoms with Crippen LogP contribution in [0.1, 0.15) is 31.5 Å². The Labute approximate surface area is 158 Å². The van der Waals surface area contributed by atoms with Gasteiger partial charge in [-0.2, -0.15) is 4.39 Å². The van der Waals surface area contributed by atoms with Crippen LogP contribution in [0.3, 0.4) is 0 Å². The first kappa shape index (κ1) is 18.5. The minimum absolute atomic E-state index is 0.433. The fourth-order valence-corrected chi connectivity index (χ4v) is 3.06. The number of aromatic nitrogens is 2. The van der Waals surface area contributed by atoms with Crippen molar-refractivity contribution in [2.75, 3.05) is 0 Å². The second-order valence-electron chi connectivity index (χ2n) is 6.71. The monoisotopic (exact) mass is 371 g/mol. The Morgan fingerprint density at radius 3 is 2.81 bits per heavy atom. The highest BCUT2D eigenvalue weighted by atomic mass is 35.5. The normalized spacial score (nSPS) is 12.3. The minimum Gasteiger partial charge on any atom is -0.383 e. The van der Waals surface area contributed by atoms with Gasteiger partial charge in [-0.15, -0.1) is 0 Å². The number of hydrogen-bond donors (Lipinski definition) is 2. The molecule has 0 bridgehead atoms. The second-order valence-corrected chi connectivity index (χ2v) is 7.11. The van der Waals surface area contributed by atoms with Gasteiger partial charge in [-0.3, -0.25) is 0 Å². The van der Waals surface area contributed by atoms with E-state index in [9.17, 15) is 4.39 Å². The van der Waals surface area contributed by atoms with Gasteiger partial charge in [0, 0.05) is 33.4 Å². The van der Waals surface area contributed by atoms with E-state index < -0.39 is 5.95 Å². The maximum atomic E-state index is 13.8. The number of halogens is 2. The highest BCUT2D eigenvalue weighted by Crippen LogP contribution is 2.32. The average Bonchev–Trinajstić information content (AvgIpc) is 3.02. The van der Waals surface area contributed by atoms with E-state index in [0.29, 0.717) is 34.3 Å². The molecule has 136 valence electrons. The topological polar surface area (TPSA) is 40.7 Å². The number of nitrogens with zero attached hydrogens (tertiary/aromatic N) is 1. The van der Waals surface area contributed by atoms with Crippen LogP contribution < -0.4 is 5.32 Å². The molecule has 2 N–H and O–H groups in total. The predicted octanol–water partition coefficient (Wildman–Crippen LogP) is 5.98. The molecule has 0 amide bonds. The van der Waals surface area contributed by atoms with Crippen LogP contribution >= 0.6 is 11.6 Å². The van der Waals surface area contributed by atoms with Crippen LogP contribution in [0.4, 0.5) is 4.39 Å². The minimum atomic E-state index is -0.474. The van der Waals surface area contributed by atoms with Gasteiger partial charge in [0.15, 0.2) is 0 Å². The van der Waals surface area contributed by atoms with E-state index >= 15 is 0 Å². The van der Waals surface area contributed by atoms with Crippen molar-refractivity contribution in [3.05, 3.63) is 64.8 Å². The smallest absolute Gasteiger partial charge is 0.216 e. The third-order valence-corrected chi connectivity index (χ3v) is 5.10. The molecule has 1 unspecified atom stereocenters. The van der Waals surface area contributed by atoms with E-state index in [0.717, 1.165) is 28.7 Å². The molecule has 1 aromatic carbocycles. The Balaban J connectivity index is 1.88. The lowest BCUT2D eigenvalue weighted by atomic mass is 10.1. The van der Waals surface area contributed by atoms with Crippen molar-refractivity contribution < 1.29 is 4.39 Å². The van der Waals surface area contributed by atoms with Gasteiger partial charge in [-0.25, -0.2) is 4.98 Å². The summed E-state index contributed by atoms with van der Waals surface area (Å²) in [5.74, 6) is -0.0403. The third-order valence-electron chi connectivity index (χ3n) is 4.79. The molecule has 3 rings (SSSR count). The van der Waals surface area contributed by atoms with E-state index in [-0.39, 0.29) is 0 Å². The molecule has 2 heterocycles. The van der Waals surface area contributed by atoms with E-state index in [1.807, 2.05) is 12.1 Å². The lowest BCUT2D eigenvalue weighted by Gasteiger charge is -2.14. The van der Waals surface area contributed by atoms with Crippen LogP contribution in [0.15, 0.2) is 42.6 Å². The molecule has 0 aliphatic rings. The summed E-state index contributed by atoms with van der Waals surface area (Å²) in [6, 6.07) is 9.36. The molecular weight excluding hydrogens is 349 g/mol. The summed E-state index contributed by atoms with van der Waals surface area (Å²) < 4.78 is 13.8. The summed E-state index contributed by atoms with van der Waals surface area (Å²) in [6.07, 6.45) is 1.05. The van der Waals surface area contributed by atoms with Crippen molar-refractivity contribution in [2.45, 2.75) is 33.7 Å². The summed E-state index contributed by atoms with van der Waals surface area (Å²) in [5.41, 5.74) is 4.77. The number of benzene rings is 1. The van der Waals surface area contributed by atoms with Crippen molar-refractivity contribution in [1.29, 1.82) is 0 Å². The molecule has 0 radical (unpaired) electrons. The van der Waals surface area contributed by atoms with Gasteiger partial charge < -0.3 is 10.3 Å². The largest absolute Gasteiger partial charge is 0.383 e. The van der Waals surface area contributed by atoms with Gasteiger partial charge in [0.25, 0.3) is 0 Å². The maximum Gasteiger partial charge on any atom is 0.216 e. The molecule has 1 atom stereocenters. The zero-order valence-electron chi connectivity index (χ0n) is 15.3. The number of rotatable bonds is 6. The lowest BCUT2D eigenvalue weighted by molar-refractivity contribution is 0.576. The van der Waals surface area contributed by atoms with Gasteiger partial charge >= 0.3 is 0 Å². The zero-order valence-corrected chi connectivity index (χ0v) is 16.0. The van der Waals surface area contributed by atoms with Crippen molar-refractivity contribution in [3.8, 4) is 11.3 Å². The average molecular weight is 372 g/mol. The summed E-state index contributed by atoms with van der Waals surface area (Å²) in [5, 5.41) is 4.93. The standard InChI is InChI=1S/C21H23ClFN3/c1-5-12(2)14(4)24-11-16-8-15-9-18(22)17(10-20(15)25-16)19-7-6-13(3)21(23)26-19/h6-10,12,24-25H,4-5,11H2,1-3H3. The molecule has 3 nitrogen and oxygen atoms in total. The van der Waals surface area contributed by atoms with E-state index in [1.54, 1.807) is 19.1 Å². The number of aryl methyl sites for hydroxylation is 1. The Hall–Kier alpha value is -2.33. The van der Waals surface area contributed by atoms with E-state index in [1.165, 1.54) is 0 Å². The van der Waals surface area contributed by atoms with Crippen LogP contribution in [0.2, 0.25) is 5.02 Å². The fourth-order valence-electron chi connectivity index (χ4n) is 2.79. The first-order valence-corrected chi connectivity index (χ1v) is 9.14. The number of allylic oxidation sites excluding steroid dienone is 1. The first-order chi connectivity index (χ1) is 12.4. The second kappa shape index (κ2) is 7.50. The van der Waals surface area contributed by atoms with Crippen LogP contribution in [0.5, 0.6) is 0 Å². The highest BCUT2D eigenvalue weighted by Gasteiger charge is 2.12. The Morgan fingerprint density at radius 1 is 1.35 bits per heavy atom. The van der Waals surface area contributed by atoms with Crippen LogP contribution in [0.25, 0.3) is 22.2 Å². The van der Waals surface area contributed by atoms with Gasteiger partial charge in [-0.05, 0) is 43.5 Å². The molecule has 3 aromatic rings. The van der Waals surface area contributed by atoms with E-state index in [2.05, 4.69) is 41.8 Å². The quantitative estimate of drug-likeness (QED) is 0.523. The predicted molar refractivity (Wildman–Crippen MR) is 107 cm³/mol. The molecule has 0 saturated carbocycles. The summed E-state index contributed by atoms with van der Waals surface area (Å²) in [6.45, 7) is 10.7. The van der Waals surface area contributed by atoms with Crippen molar-refractivity contribution in [1.82, 2.24) is 15.3 Å². The highest BCUT2D eigenvalue weighted by molar-refractivity contribution is 6.34. The van der Waals surface area contributed by atoms with Gasteiger partial charge in [0.1, 0.15) is 0 Å². The van der Waals surface area contributed by atoms with Crippen LogP contribution in [-0.2, 0) is 6.54 Å². The number of fused-ring (bicyclic) bond motifs is 1. The molecule has 2 aromatic heterocycles.